The first-order valence-electron chi connectivity index (χ1n) is 2.40. The molecule has 2 nitrogen and oxygen atoms in total. The monoisotopic (exact) mass is 212 g/mol. The minimum absolute atomic E-state index is 0.694. The zero-order chi connectivity index (χ0) is 5.98. The maximum atomic E-state index is 10.2. The van der Waals surface area contributed by atoms with E-state index in [-0.39, 0.29) is 0 Å². The molecule has 0 aromatic heterocycles. The van der Waals surface area contributed by atoms with Gasteiger partial charge in [0.25, 0.3) is 0 Å². The molecule has 1 N–H and O–H groups in total. The van der Waals surface area contributed by atoms with Crippen LogP contribution in [0.1, 0.15) is 0 Å². The third-order valence-electron chi connectivity index (χ3n) is 1.02. The molecule has 0 atom stereocenters. The average molecular weight is 212 g/mol. The number of carbonyl (C=O) groups is 1. The minimum atomic E-state index is -0.785. The van der Waals surface area contributed by atoms with Gasteiger partial charge >= 0.3 is 57.9 Å². The molecule has 0 saturated carbocycles. The molecule has 0 saturated heterocycles. The van der Waals surface area contributed by atoms with E-state index in [2.05, 4.69) is 0 Å². The third kappa shape index (κ3) is 1.22. The summed E-state index contributed by atoms with van der Waals surface area (Å²) in [6, 6.07) is 0. The van der Waals surface area contributed by atoms with Crippen molar-refractivity contribution in [1.29, 1.82) is 0 Å². The first kappa shape index (κ1) is 6.08. The number of carboxylic acids is 1. The zero-order valence-electron chi connectivity index (χ0n) is 4.29. The van der Waals surface area contributed by atoms with E-state index in [0.717, 1.165) is 7.43 Å². The summed E-state index contributed by atoms with van der Waals surface area (Å²) >= 11 is -0.785. The van der Waals surface area contributed by atoms with Gasteiger partial charge in [-0.1, -0.05) is 0 Å². The first-order chi connectivity index (χ1) is 3.80. The van der Waals surface area contributed by atoms with E-state index in [1.807, 2.05) is 6.08 Å². The van der Waals surface area contributed by atoms with Crippen molar-refractivity contribution < 1.29 is 9.90 Å². The van der Waals surface area contributed by atoms with Crippen LogP contribution in [-0.2, 0) is 4.79 Å². The molecule has 0 bridgehead atoms. The summed E-state index contributed by atoms with van der Waals surface area (Å²) in [4.78, 5) is 10.2. The summed E-state index contributed by atoms with van der Waals surface area (Å²) < 4.78 is 1.80. The molecule has 0 unspecified atom stereocenters. The molecule has 0 amide bonds. The van der Waals surface area contributed by atoms with Gasteiger partial charge in [0.2, 0.25) is 0 Å². The predicted octanol–water partition coefficient (Wildman–Crippen LogP) is -0.0643. The Hall–Kier alpha value is -0.0499. The maximum absolute atomic E-state index is 10.2. The van der Waals surface area contributed by atoms with E-state index >= 15 is 0 Å². The first-order valence-corrected chi connectivity index (χ1v) is 6.38. The van der Waals surface area contributed by atoms with Gasteiger partial charge in [-0.25, -0.2) is 0 Å². The van der Waals surface area contributed by atoms with Crippen molar-refractivity contribution in [2.75, 3.05) is 0 Å². The quantitative estimate of drug-likeness (QED) is 0.660. The van der Waals surface area contributed by atoms with E-state index in [1.54, 1.807) is 6.08 Å². The molecule has 3 heteroatoms. The number of hydrogen-bond acceptors (Lipinski definition) is 1. The molecular formula is C5H5InO2. The van der Waals surface area contributed by atoms with Crippen LogP contribution in [0.5, 0.6) is 0 Å². The standard InChI is InChI=1S/C5H5O2.In/c1-2-3-4-5(6)7;/h2-3H,1H2,(H,6,7);. The second kappa shape index (κ2) is 2.49. The summed E-state index contributed by atoms with van der Waals surface area (Å²) in [6.07, 6.45) is 3.72. The molecule has 0 aliphatic carbocycles. The zero-order valence-corrected chi connectivity index (χ0v) is 7.59. The molecule has 40 valence electrons. The fraction of sp³-hybridized carbons (Fsp3) is 0.200. The number of rotatable bonds is 1. The van der Waals surface area contributed by atoms with E-state index < -0.39 is 28.4 Å². The van der Waals surface area contributed by atoms with Gasteiger partial charge in [-0.05, 0) is 0 Å². The average Bonchev–Trinajstić information content (AvgIpc) is 2.12. The van der Waals surface area contributed by atoms with Crippen LogP contribution in [0.4, 0.5) is 0 Å². The molecule has 0 fully saturated rings. The fourth-order valence-corrected chi connectivity index (χ4v) is 3.39. The molecule has 0 aromatic rings. The predicted molar refractivity (Wildman–Crippen MR) is 32.3 cm³/mol. The van der Waals surface area contributed by atoms with Crippen LogP contribution < -0.4 is 0 Å². The van der Waals surface area contributed by atoms with Gasteiger partial charge in [0.15, 0.2) is 0 Å². The summed E-state index contributed by atoms with van der Waals surface area (Å²) in [5, 5.41) is 8.37. The van der Waals surface area contributed by atoms with E-state index in [4.69, 9.17) is 5.11 Å². The number of hydrogen-bond donors (Lipinski definition) is 1. The molecule has 1 aliphatic rings. The SMILES string of the molecule is O=C(O)[C]1=[In][CH2]C=C1. The molecule has 1 rings (SSSR count). The van der Waals surface area contributed by atoms with Gasteiger partial charge in [-0.3, -0.25) is 0 Å². The van der Waals surface area contributed by atoms with Gasteiger partial charge in [0.1, 0.15) is 0 Å². The third-order valence-corrected chi connectivity index (χ3v) is 4.98. The number of carboxylic acid groups (broad SMARTS) is 1. The van der Waals surface area contributed by atoms with Crippen LogP contribution in [0.2, 0.25) is 4.18 Å². The van der Waals surface area contributed by atoms with Crippen LogP contribution in [-0.4, -0.2) is 36.8 Å². The Labute approximate surface area is 58.0 Å². The van der Waals surface area contributed by atoms with Crippen molar-refractivity contribution in [2.24, 2.45) is 0 Å². The van der Waals surface area contributed by atoms with Crippen molar-refractivity contribution in [3.05, 3.63) is 12.2 Å². The van der Waals surface area contributed by atoms with Gasteiger partial charge in [0, 0.05) is 0 Å². The van der Waals surface area contributed by atoms with Gasteiger partial charge in [-0.2, -0.15) is 0 Å². The Kier molecular flexibility index (Phi) is 1.89. The Morgan fingerprint density at radius 3 is 2.88 bits per heavy atom. The van der Waals surface area contributed by atoms with Crippen LogP contribution in [0, 0.1) is 0 Å². The van der Waals surface area contributed by atoms with Gasteiger partial charge in [0.05, 0.1) is 0 Å². The molecular weight excluding hydrogens is 207 g/mol. The summed E-state index contributed by atoms with van der Waals surface area (Å²) in [5.41, 5.74) is 0. The Morgan fingerprint density at radius 2 is 2.62 bits per heavy atom. The van der Waals surface area contributed by atoms with Crippen LogP contribution >= 0.6 is 0 Å². The van der Waals surface area contributed by atoms with Gasteiger partial charge in [-0.15, -0.1) is 0 Å². The normalized spacial score (nSPS) is 15.2. The molecule has 1 aliphatic heterocycles. The van der Waals surface area contributed by atoms with E-state index in [1.165, 1.54) is 0 Å². The number of aliphatic carboxylic acids is 1. The molecule has 0 radical (unpaired) electrons. The topological polar surface area (TPSA) is 37.3 Å². The fourth-order valence-electron chi connectivity index (χ4n) is 0.617. The second-order valence-corrected chi connectivity index (χ2v) is 5.89. The Bertz CT molecular complexity index is 169. The summed E-state index contributed by atoms with van der Waals surface area (Å²) in [5.74, 6) is -0.694. The van der Waals surface area contributed by atoms with Crippen LogP contribution in [0.15, 0.2) is 12.2 Å². The second-order valence-electron chi connectivity index (χ2n) is 1.60. The Morgan fingerprint density at radius 1 is 1.88 bits per heavy atom. The van der Waals surface area contributed by atoms with Crippen LogP contribution in [0.3, 0.4) is 0 Å². The van der Waals surface area contributed by atoms with Crippen molar-refractivity contribution in [1.82, 2.24) is 0 Å². The molecule has 0 spiro atoms. The van der Waals surface area contributed by atoms with Crippen molar-refractivity contribution in [3.63, 3.8) is 0 Å². The van der Waals surface area contributed by atoms with Gasteiger partial charge < -0.3 is 0 Å². The van der Waals surface area contributed by atoms with Crippen molar-refractivity contribution in [3.8, 4) is 0 Å². The molecule has 8 heavy (non-hydrogen) atoms. The van der Waals surface area contributed by atoms with E-state index in [9.17, 15) is 4.79 Å². The number of allylic oxidation sites excluding steroid dienone is 1. The summed E-state index contributed by atoms with van der Waals surface area (Å²) in [7, 11) is 0. The molecule has 0 aromatic carbocycles. The van der Waals surface area contributed by atoms with E-state index in [0.29, 0.717) is 0 Å². The van der Waals surface area contributed by atoms with Crippen molar-refractivity contribution in [2.45, 2.75) is 4.18 Å². The summed E-state index contributed by atoms with van der Waals surface area (Å²) in [6.45, 7) is 0. The van der Waals surface area contributed by atoms with Crippen LogP contribution in [0.25, 0.3) is 0 Å². The van der Waals surface area contributed by atoms with Crippen molar-refractivity contribution >= 4 is 31.6 Å². The Balaban J connectivity index is 2.72. The molecule has 1 heterocycles.